The molecule has 2 aliphatic heterocycles. The Morgan fingerprint density at radius 1 is 0.958 bits per heavy atom. The summed E-state index contributed by atoms with van der Waals surface area (Å²) in [5.74, 6) is -0.581. The molecule has 2 aromatic rings. The van der Waals surface area contributed by atoms with E-state index in [0.29, 0.717) is 12.2 Å². The number of carbonyl (C=O) groups excluding carboxylic acids is 2. The molecular formula is C18H16N4O2. The van der Waals surface area contributed by atoms with Crippen LogP contribution in [0.2, 0.25) is 0 Å². The molecule has 120 valence electrons. The minimum absolute atomic E-state index is 0.269. The van der Waals surface area contributed by atoms with Gasteiger partial charge in [-0.25, -0.2) is 4.90 Å². The molecule has 4 rings (SSSR count). The first-order chi connectivity index (χ1) is 11.6. The Labute approximate surface area is 139 Å². The fourth-order valence-electron chi connectivity index (χ4n) is 3.07. The number of imide groups is 1. The Balaban J connectivity index is 1.61. The molecule has 0 bridgehead atoms. The summed E-state index contributed by atoms with van der Waals surface area (Å²) in [5, 5.41) is 9.69. The van der Waals surface area contributed by atoms with Crippen LogP contribution in [0.1, 0.15) is 11.1 Å². The maximum absolute atomic E-state index is 12.8. The van der Waals surface area contributed by atoms with Crippen molar-refractivity contribution in [1.82, 2.24) is 5.01 Å². The summed E-state index contributed by atoms with van der Waals surface area (Å²) in [6.07, 6.45) is 0. The van der Waals surface area contributed by atoms with Gasteiger partial charge in [0.25, 0.3) is 11.8 Å². The van der Waals surface area contributed by atoms with Crippen molar-refractivity contribution >= 4 is 17.5 Å². The molecule has 0 aromatic heterocycles. The molecule has 2 heterocycles. The molecule has 0 radical (unpaired) electrons. The van der Waals surface area contributed by atoms with Gasteiger partial charge in [0, 0.05) is 0 Å². The molecule has 0 aliphatic carbocycles. The molecule has 0 saturated carbocycles. The summed E-state index contributed by atoms with van der Waals surface area (Å²) in [7, 11) is 0. The van der Waals surface area contributed by atoms with Crippen LogP contribution in [-0.2, 0) is 16.1 Å². The van der Waals surface area contributed by atoms with Crippen molar-refractivity contribution in [2.24, 2.45) is 10.3 Å². The van der Waals surface area contributed by atoms with Crippen LogP contribution >= 0.6 is 0 Å². The van der Waals surface area contributed by atoms with Crippen LogP contribution in [0.4, 0.5) is 5.69 Å². The average molecular weight is 320 g/mol. The maximum atomic E-state index is 12.8. The van der Waals surface area contributed by atoms with Gasteiger partial charge < -0.3 is 0 Å². The SMILES string of the molecule is Cc1ccc(N2C(=O)[C@@H]3N=NN(Cc4ccccc4)[C@H]3C2=O)cc1. The van der Waals surface area contributed by atoms with Gasteiger partial charge in [-0.2, -0.15) is 5.11 Å². The minimum atomic E-state index is -0.748. The lowest BCUT2D eigenvalue weighted by molar-refractivity contribution is -0.123. The number of rotatable bonds is 3. The van der Waals surface area contributed by atoms with Crippen LogP contribution in [0, 0.1) is 6.92 Å². The quantitative estimate of drug-likeness (QED) is 0.816. The summed E-state index contributed by atoms with van der Waals surface area (Å²) in [6.45, 7) is 2.41. The number of hydrogen-bond acceptors (Lipinski definition) is 5. The first-order valence-corrected chi connectivity index (χ1v) is 7.81. The third-order valence-electron chi connectivity index (χ3n) is 4.34. The van der Waals surface area contributed by atoms with E-state index < -0.39 is 12.1 Å². The van der Waals surface area contributed by atoms with Crippen molar-refractivity contribution in [3.63, 3.8) is 0 Å². The zero-order valence-electron chi connectivity index (χ0n) is 13.2. The second-order valence-electron chi connectivity index (χ2n) is 6.03. The Kier molecular flexibility index (Phi) is 3.37. The molecular weight excluding hydrogens is 304 g/mol. The molecule has 2 atom stereocenters. The summed E-state index contributed by atoms with van der Waals surface area (Å²) < 4.78 is 0. The normalized spacial score (nSPS) is 22.4. The molecule has 2 aromatic carbocycles. The molecule has 0 spiro atoms. The van der Waals surface area contributed by atoms with E-state index >= 15 is 0 Å². The van der Waals surface area contributed by atoms with Gasteiger partial charge >= 0.3 is 0 Å². The van der Waals surface area contributed by atoms with E-state index in [1.807, 2.05) is 49.4 Å². The second-order valence-corrected chi connectivity index (χ2v) is 6.03. The van der Waals surface area contributed by atoms with Crippen molar-refractivity contribution in [3.05, 3.63) is 65.7 Å². The molecule has 0 unspecified atom stereocenters. The van der Waals surface area contributed by atoms with Gasteiger partial charge in [0.05, 0.1) is 12.2 Å². The van der Waals surface area contributed by atoms with E-state index in [1.165, 1.54) is 4.90 Å². The highest BCUT2D eigenvalue weighted by Gasteiger charge is 2.54. The Morgan fingerprint density at radius 2 is 1.67 bits per heavy atom. The lowest BCUT2D eigenvalue weighted by Crippen LogP contribution is -2.39. The molecule has 1 saturated heterocycles. The number of carbonyl (C=O) groups is 2. The number of anilines is 1. The first kappa shape index (κ1) is 14.6. The smallest absolute Gasteiger partial charge is 0.263 e. The van der Waals surface area contributed by atoms with Crippen molar-refractivity contribution in [2.75, 3.05) is 4.90 Å². The van der Waals surface area contributed by atoms with Gasteiger partial charge in [-0.1, -0.05) is 53.3 Å². The zero-order chi connectivity index (χ0) is 16.7. The predicted octanol–water partition coefficient (Wildman–Crippen LogP) is 2.49. The van der Waals surface area contributed by atoms with Gasteiger partial charge in [-0.05, 0) is 24.6 Å². The van der Waals surface area contributed by atoms with Gasteiger partial charge in [-0.15, -0.1) is 0 Å². The van der Waals surface area contributed by atoms with Gasteiger partial charge in [0.1, 0.15) is 0 Å². The summed E-state index contributed by atoms with van der Waals surface area (Å²) >= 11 is 0. The minimum Gasteiger partial charge on any atom is -0.271 e. The van der Waals surface area contributed by atoms with Crippen LogP contribution in [-0.4, -0.2) is 28.9 Å². The predicted molar refractivity (Wildman–Crippen MR) is 88.1 cm³/mol. The summed E-state index contributed by atoms with van der Waals surface area (Å²) in [6, 6.07) is 15.6. The van der Waals surface area contributed by atoms with E-state index in [2.05, 4.69) is 10.3 Å². The molecule has 2 amide bonds. The van der Waals surface area contributed by atoms with E-state index in [-0.39, 0.29) is 11.8 Å². The molecule has 6 nitrogen and oxygen atoms in total. The lowest BCUT2D eigenvalue weighted by atomic mass is 10.1. The number of benzene rings is 2. The summed E-state index contributed by atoms with van der Waals surface area (Å²) in [5.41, 5.74) is 2.68. The number of nitrogens with zero attached hydrogens (tertiary/aromatic N) is 4. The van der Waals surface area contributed by atoms with Crippen molar-refractivity contribution < 1.29 is 9.59 Å². The highest BCUT2D eigenvalue weighted by molar-refractivity contribution is 6.25. The fourth-order valence-corrected chi connectivity index (χ4v) is 3.07. The van der Waals surface area contributed by atoms with E-state index in [0.717, 1.165) is 11.1 Å². The van der Waals surface area contributed by atoms with Crippen LogP contribution in [0.15, 0.2) is 64.9 Å². The summed E-state index contributed by atoms with van der Waals surface area (Å²) in [4.78, 5) is 26.7. The highest BCUT2D eigenvalue weighted by atomic mass is 16.2. The van der Waals surface area contributed by atoms with E-state index in [1.54, 1.807) is 17.1 Å². The van der Waals surface area contributed by atoms with E-state index in [9.17, 15) is 9.59 Å². The third-order valence-corrected chi connectivity index (χ3v) is 4.34. The number of hydrogen-bond donors (Lipinski definition) is 0. The van der Waals surface area contributed by atoms with E-state index in [4.69, 9.17) is 0 Å². The average Bonchev–Trinajstić information content (AvgIpc) is 3.11. The number of fused-ring (bicyclic) bond motifs is 1. The van der Waals surface area contributed by atoms with Crippen molar-refractivity contribution in [1.29, 1.82) is 0 Å². The van der Waals surface area contributed by atoms with Crippen LogP contribution in [0.5, 0.6) is 0 Å². The molecule has 1 fully saturated rings. The Hall–Kier alpha value is -3.02. The Morgan fingerprint density at radius 3 is 2.38 bits per heavy atom. The molecule has 2 aliphatic rings. The van der Waals surface area contributed by atoms with Gasteiger partial charge in [0.15, 0.2) is 12.1 Å². The standard InChI is InChI=1S/C18H16N4O2/c1-12-7-9-14(10-8-12)22-17(23)15-16(18(22)24)21(20-19-15)11-13-5-3-2-4-6-13/h2-10,15-16H,11H2,1H3/t15-,16-/m1/s1. The van der Waals surface area contributed by atoms with Crippen LogP contribution < -0.4 is 4.90 Å². The number of amides is 2. The van der Waals surface area contributed by atoms with Crippen molar-refractivity contribution in [3.8, 4) is 0 Å². The zero-order valence-corrected chi connectivity index (χ0v) is 13.2. The first-order valence-electron chi connectivity index (χ1n) is 7.81. The molecule has 6 heteroatoms. The molecule has 24 heavy (non-hydrogen) atoms. The third kappa shape index (κ3) is 2.27. The lowest BCUT2D eigenvalue weighted by Gasteiger charge is -2.20. The maximum Gasteiger partial charge on any atom is 0.263 e. The molecule has 0 N–H and O–H groups in total. The fraction of sp³-hybridized carbons (Fsp3) is 0.222. The number of aryl methyl sites for hydroxylation is 1. The second kappa shape index (κ2) is 5.56. The monoisotopic (exact) mass is 320 g/mol. The van der Waals surface area contributed by atoms with Gasteiger partial charge in [0.2, 0.25) is 0 Å². The topological polar surface area (TPSA) is 65.3 Å². The van der Waals surface area contributed by atoms with Gasteiger partial charge in [-0.3, -0.25) is 14.6 Å². The van der Waals surface area contributed by atoms with Crippen LogP contribution in [0.3, 0.4) is 0 Å². The Bertz CT molecular complexity index is 817. The largest absolute Gasteiger partial charge is 0.271 e. The van der Waals surface area contributed by atoms with Crippen molar-refractivity contribution in [2.45, 2.75) is 25.6 Å². The van der Waals surface area contributed by atoms with Crippen LogP contribution in [0.25, 0.3) is 0 Å². The highest BCUT2D eigenvalue weighted by Crippen LogP contribution is 2.32.